The number of nitrogens with zero attached hydrogens (tertiary/aromatic N) is 3. The van der Waals surface area contributed by atoms with Crippen molar-refractivity contribution in [2.45, 2.75) is 19.4 Å². The Kier molecular flexibility index (Phi) is 2.68. The Morgan fingerprint density at radius 1 is 1.53 bits per heavy atom. The molecule has 0 unspecified atom stereocenters. The number of hydrogen-bond acceptors (Lipinski definition) is 6. The maximum atomic E-state index is 10.9. The molecule has 2 aromatic heterocycles. The Balaban J connectivity index is 2.34. The van der Waals surface area contributed by atoms with Gasteiger partial charge in [-0.05, 0) is 13.8 Å². The van der Waals surface area contributed by atoms with Crippen LogP contribution in [0.25, 0.3) is 10.8 Å². The van der Waals surface area contributed by atoms with Gasteiger partial charge in [-0.15, -0.1) is 11.3 Å². The Morgan fingerprint density at radius 3 is 2.71 bits per heavy atom. The van der Waals surface area contributed by atoms with Crippen LogP contribution in [0.2, 0.25) is 0 Å². The molecule has 4 N–H and O–H groups in total. The van der Waals surface area contributed by atoms with E-state index in [0.29, 0.717) is 16.7 Å². The SMILES string of the molecule is CC(C)(O)c1nc(-c2nc(C(N)=O)cs2)n[nH]1. The van der Waals surface area contributed by atoms with E-state index in [1.54, 1.807) is 13.8 Å². The molecule has 0 saturated carbocycles. The molecule has 2 heterocycles. The summed E-state index contributed by atoms with van der Waals surface area (Å²) in [6.45, 7) is 3.18. The quantitative estimate of drug-likeness (QED) is 0.724. The van der Waals surface area contributed by atoms with Crippen molar-refractivity contribution < 1.29 is 9.90 Å². The van der Waals surface area contributed by atoms with Gasteiger partial charge in [-0.2, -0.15) is 5.10 Å². The zero-order valence-electron chi connectivity index (χ0n) is 9.26. The molecule has 0 aliphatic heterocycles. The second-order valence-electron chi connectivity index (χ2n) is 3.97. The van der Waals surface area contributed by atoms with Crippen LogP contribution in [0.5, 0.6) is 0 Å². The third-order valence-corrected chi connectivity index (χ3v) is 2.85. The van der Waals surface area contributed by atoms with Gasteiger partial charge in [0.25, 0.3) is 5.91 Å². The average Bonchev–Trinajstić information content (AvgIpc) is 2.85. The third kappa shape index (κ3) is 2.32. The van der Waals surface area contributed by atoms with Crippen molar-refractivity contribution in [1.29, 1.82) is 0 Å². The minimum absolute atomic E-state index is 0.180. The lowest BCUT2D eigenvalue weighted by atomic mass is 10.1. The summed E-state index contributed by atoms with van der Waals surface area (Å²) in [5.41, 5.74) is 4.17. The van der Waals surface area contributed by atoms with Crippen LogP contribution in [0.3, 0.4) is 0 Å². The number of aromatic amines is 1. The van der Waals surface area contributed by atoms with Gasteiger partial charge in [0.2, 0.25) is 5.82 Å². The number of hydrogen-bond donors (Lipinski definition) is 3. The molecule has 2 aromatic rings. The van der Waals surface area contributed by atoms with E-state index in [2.05, 4.69) is 20.2 Å². The number of aliphatic hydroxyl groups is 1. The minimum Gasteiger partial charge on any atom is -0.382 e. The fraction of sp³-hybridized carbons (Fsp3) is 0.333. The summed E-state index contributed by atoms with van der Waals surface area (Å²) in [4.78, 5) is 19.0. The molecule has 17 heavy (non-hydrogen) atoms. The van der Waals surface area contributed by atoms with E-state index in [9.17, 15) is 9.90 Å². The zero-order chi connectivity index (χ0) is 12.6. The summed E-state index contributed by atoms with van der Waals surface area (Å²) in [5, 5.41) is 18.3. The highest BCUT2D eigenvalue weighted by Crippen LogP contribution is 2.22. The molecule has 0 aliphatic carbocycles. The van der Waals surface area contributed by atoms with Crippen LogP contribution < -0.4 is 5.73 Å². The van der Waals surface area contributed by atoms with Crippen LogP contribution in [-0.4, -0.2) is 31.2 Å². The second-order valence-corrected chi connectivity index (χ2v) is 4.83. The molecule has 7 nitrogen and oxygen atoms in total. The van der Waals surface area contributed by atoms with Crippen LogP contribution in [0.1, 0.15) is 30.2 Å². The largest absolute Gasteiger partial charge is 0.382 e. The standard InChI is InChI=1S/C9H11N5O2S/c1-9(2,16)8-12-6(13-14-8)7-11-4(3-17-7)5(10)15/h3,16H,1-2H3,(H2,10,15)(H,12,13,14). The summed E-state index contributed by atoms with van der Waals surface area (Å²) in [7, 11) is 0. The molecule has 0 saturated heterocycles. The number of nitrogens with one attached hydrogen (secondary N) is 1. The Bertz CT molecular complexity index is 554. The van der Waals surface area contributed by atoms with Gasteiger partial charge in [0.05, 0.1) is 0 Å². The van der Waals surface area contributed by atoms with Crippen molar-refractivity contribution >= 4 is 17.2 Å². The first-order chi connectivity index (χ1) is 7.88. The molecule has 0 aromatic carbocycles. The second kappa shape index (κ2) is 3.90. The number of amides is 1. The predicted molar refractivity (Wildman–Crippen MR) is 61.3 cm³/mol. The number of thiazole rings is 1. The number of rotatable bonds is 3. The van der Waals surface area contributed by atoms with E-state index >= 15 is 0 Å². The normalized spacial score (nSPS) is 11.7. The molecule has 0 radical (unpaired) electrons. The van der Waals surface area contributed by atoms with Gasteiger partial charge >= 0.3 is 0 Å². The topological polar surface area (TPSA) is 118 Å². The smallest absolute Gasteiger partial charge is 0.268 e. The lowest BCUT2D eigenvalue weighted by Crippen LogP contribution is -2.17. The van der Waals surface area contributed by atoms with Crippen LogP contribution in [0.15, 0.2) is 5.38 Å². The van der Waals surface area contributed by atoms with Gasteiger partial charge in [0.1, 0.15) is 11.3 Å². The molecule has 90 valence electrons. The van der Waals surface area contributed by atoms with Gasteiger partial charge in [0, 0.05) is 5.38 Å². The summed E-state index contributed by atoms with van der Waals surface area (Å²) < 4.78 is 0. The minimum atomic E-state index is -1.10. The van der Waals surface area contributed by atoms with E-state index in [-0.39, 0.29) is 5.69 Å². The number of primary amides is 1. The Morgan fingerprint density at radius 2 is 2.24 bits per heavy atom. The van der Waals surface area contributed by atoms with Crippen molar-refractivity contribution in [3.63, 3.8) is 0 Å². The Labute approximate surface area is 101 Å². The van der Waals surface area contributed by atoms with E-state index in [1.165, 1.54) is 16.7 Å². The number of carbonyl (C=O) groups excluding carboxylic acids is 1. The summed E-state index contributed by atoms with van der Waals surface area (Å²) in [6, 6.07) is 0. The van der Waals surface area contributed by atoms with Crippen LogP contribution >= 0.6 is 11.3 Å². The van der Waals surface area contributed by atoms with Gasteiger partial charge in [-0.3, -0.25) is 9.89 Å². The van der Waals surface area contributed by atoms with Crippen LogP contribution in [-0.2, 0) is 5.60 Å². The molecule has 0 spiro atoms. The highest BCUT2D eigenvalue weighted by atomic mass is 32.1. The van der Waals surface area contributed by atoms with Gasteiger partial charge in [0.15, 0.2) is 10.8 Å². The summed E-state index contributed by atoms with van der Waals surface area (Å²) in [5.74, 6) is 0.0775. The molecule has 0 atom stereocenters. The molecule has 2 rings (SSSR count). The molecule has 1 amide bonds. The lowest BCUT2D eigenvalue weighted by Gasteiger charge is -2.11. The highest BCUT2D eigenvalue weighted by Gasteiger charge is 2.22. The van der Waals surface area contributed by atoms with Crippen LogP contribution in [0.4, 0.5) is 0 Å². The molecule has 0 bridgehead atoms. The van der Waals surface area contributed by atoms with Crippen molar-refractivity contribution in [3.8, 4) is 10.8 Å². The van der Waals surface area contributed by atoms with Crippen molar-refractivity contribution in [1.82, 2.24) is 20.2 Å². The van der Waals surface area contributed by atoms with Crippen molar-refractivity contribution in [3.05, 3.63) is 16.9 Å². The monoisotopic (exact) mass is 253 g/mol. The number of H-pyrrole nitrogens is 1. The van der Waals surface area contributed by atoms with E-state index in [0.717, 1.165) is 0 Å². The fourth-order valence-electron chi connectivity index (χ4n) is 1.12. The Hall–Kier alpha value is -1.80. The summed E-state index contributed by atoms with van der Waals surface area (Å²) in [6.07, 6.45) is 0. The van der Waals surface area contributed by atoms with E-state index in [4.69, 9.17) is 5.73 Å². The molecule has 8 heteroatoms. The first-order valence-electron chi connectivity index (χ1n) is 4.79. The first kappa shape index (κ1) is 11.7. The van der Waals surface area contributed by atoms with Crippen molar-refractivity contribution in [2.75, 3.05) is 0 Å². The number of aromatic nitrogens is 4. The van der Waals surface area contributed by atoms with Gasteiger partial charge in [-0.1, -0.05) is 0 Å². The van der Waals surface area contributed by atoms with Crippen LogP contribution in [0, 0.1) is 0 Å². The van der Waals surface area contributed by atoms with E-state index < -0.39 is 11.5 Å². The highest BCUT2D eigenvalue weighted by molar-refractivity contribution is 7.13. The number of nitrogens with two attached hydrogens (primary N) is 1. The zero-order valence-corrected chi connectivity index (χ0v) is 10.1. The molecular weight excluding hydrogens is 242 g/mol. The van der Waals surface area contributed by atoms with Gasteiger partial charge < -0.3 is 10.8 Å². The number of carbonyl (C=O) groups is 1. The maximum absolute atomic E-state index is 10.9. The first-order valence-corrected chi connectivity index (χ1v) is 5.67. The fourth-order valence-corrected chi connectivity index (χ4v) is 1.86. The lowest BCUT2D eigenvalue weighted by molar-refractivity contribution is 0.0691. The van der Waals surface area contributed by atoms with Crippen molar-refractivity contribution in [2.24, 2.45) is 5.73 Å². The van der Waals surface area contributed by atoms with E-state index in [1.807, 2.05) is 0 Å². The third-order valence-electron chi connectivity index (χ3n) is 2.01. The molecular formula is C9H11N5O2S. The van der Waals surface area contributed by atoms with Gasteiger partial charge in [-0.25, -0.2) is 9.97 Å². The molecule has 0 aliphatic rings. The average molecular weight is 253 g/mol. The summed E-state index contributed by atoms with van der Waals surface area (Å²) >= 11 is 1.22. The maximum Gasteiger partial charge on any atom is 0.268 e. The predicted octanol–water partition coefficient (Wildman–Crippen LogP) is 0.254. The molecule has 0 fully saturated rings.